The van der Waals surface area contributed by atoms with E-state index in [-0.39, 0.29) is 0 Å². The molecule has 1 saturated heterocycles. The van der Waals surface area contributed by atoms with Crippen LogP contribution in [0.5, 0.6) is 5.75 Å². The molecule has 3 heterocycles. The van der Waals surface area contributed by atoms with Gasteiger partial charge in [0.15, 0.2) is 17.4 Å². The van der Waals surface area contributed by atoms with Gasteiger partial charge in [-0.25, -0.2) is 4.79 Å². The summed E-state index contributed by atoms with van der Waals surface area (Å²) < 4.78 is 27.9. The van der Waals surface area contributed by atoms with Crippen molar-refractivity contribution in [2.45, 2.75) is 38.4 Å². The van der Waals surface area contributed by atoms with E-state index in [2.05, 4.69) is 0 Å². The van der Waals surface area contributed by atoms with E-state index in [0.717, 1.165) is 16.5 Å². The number of methoxy groups -OCH3 is 2. The van der Waals surface area contributed by atoms with Crippen LogP contribution in [0.1, 0.15) is 29.2 Å². The number of aliphatic hydroxyl groups excluding tert-OH is 1. The van der Waals surface area contributed by atoms with E-state index in [1.54, 1.807) is 13.2 Å². The summed E-state index contributed by atoms with van der Waals surface area (Å²) in [4.78, 5) is 12.2. The molecular weight excluding hydrogens is 316 g/mol. The van der Waals surface area contributed by atoms with Crippen molar-refractivity contribution in [3.05, 3.63) is 28.5 Å². The largest absolute Gasteiger partial charge is 0.492 e. The fourth-order valence-electron chi connectivity index (χ4n) is 3.97. The minimum atomic E-state index is -1.77. The molecule has 2 aromatic rings. The number of carbonyl (C=O) groups is 1. The average molecular weight is 334 g/mol. The maximum Gasteiger partial charge on any atom is 0.363 e. The molecule has 2 bridgehead atoms. The first kappa shape index (κ1) is 15.4. The number of furan rings is 1. The number of fused-ring (bicyclic) bond motifs is 6. The normalized spacial score (nSPS) is 31.2. The molecule has 4 rings (SSSR count). The van der Waals surface area contributed by atoms with Crippen molar-refractivity contribution in [3.8, 4) is 5.75 Å². The Balaban J connectivity index is 2.22. The fourth-order valence-corrected chi connectivity index (χ4v) is 3.97. The van der Waals surface area contributed by atoms with Crippen LogP contribution in [0.3, 0.4) is 0 Å². The highest BCUT2D eigenvalue weighted by Gasteiger charge is 2.67. The number of esters is 1. The monoisotopic (exact) mass is 334 g/mol. The Labute approximate surface area is 138 Å². The second-order valence-electron chi connectivity index (χ2n) is 6.32. The Morgan fingerprint density at radius 2 is 1.96 bits per heavy atom. The highest BCUT2D eigenvalue weighted by Crippen LogP contribution is 2.59. The third-order valence-corrected chi connectivity index (χ3v) is 5.01. The summed E-state index contributed by atoms with van der Waals surface area (Å²) in [6.07, 6.45) is 0.158. The fraction of sp³-hybridized carbons (Fsp3) is 0.471. The van der Waals surface area contributed by atoms with E-state index >= 15 is 0 Å². The van der Waals surface area contributed by atoms with Gasteiger partial charge in [-0.2, -0.15) is 0 Å². The van der Waals surface area contributed by atoms with E-state index in [4.69, 9.17) is 23.4 Å². The third kappa shape index (κ3) is 1.50. The van der Waals surface area contributed by atoms with Crippen LogP contribution < -0.4 is 4.74 Å². The second kappa shape index (κ2) is 4.50. The van der Waals surface area contributed by atoms with E-state index in [1.165, 1.54) is 14.2 Å². The van der Waals surface area contributed by atoms with Crippen molar-refractivity contribution in [2.24, 2.45) is 0 Å². The van der Waals surface area contributed by atoms with Gasteiger partial charge in [-0.15, -0.1) is 0 Å². The quantitative estimate of drug-likeness (QED) is 0.840. The van der Waals surface area contributed by atoms with E-state index in [9.17, 15) is 9.90 Å². The van der Waals surface area contributed by atoms with Crippen LogP contribution in [0.4, 0.5) is 0 Å². The molecule has 0 saturated carbocycles. The number of carbonyl (C=O) groups excluding carboxylic acids is 1. The van der Waals surface area contributed by atoms with Gasteiger partial charge in [0.1, 0.15) is 11.2 Å². The first-order valence-corrected chi connectivity index (χ1v) is 7.56. The van der Waals surface area contributed by atoms with E-state index < -0.39 is 23.6 Å². The molecule has 0 radical (unpaired) electrons. The molecule has 1 N–H and O–H groups in total. The zero-order chi connectivity index (χ0) is 17.4. The average Bonchev–Trinajstić information content (AvgIpc) is 3.03. The molecule has 0 aliphatic carbocycles. The lowest BCUT2D eigenvalue weighted by molar-refractivity contribution is -0.416. The Morgan fingerprint density at radius 1 is 1.25 bits per heavy atom. The predicted molar refractivity (Wildman–Crippen MR) is 81.5 cm³/mol. The molecule has 1 aromatic carbocycles. The molecule has 128 valence electrons. The smallest absolute Gasteiger partial charge is 0.363 e. The summed E-state index contributed by atoms with van der Waals surface area (Å²) in [5.74, 6) is -2.21. The molecule has 3 atom stereocenters. The number of aryl methyl sites for hydroxylation is 2. The number of benzene rings is 1. The molecule has 7 heteroatoms. The van der Waals surface area contributed by atoms with Gasteiger partial charge in [-0.3, -0.25) is 4.74 Å². The number of rotatable bonds is 2. The van der Waals surface area contributed by atoms with Crippen molar-refractivity contribution >= 4 is 16.9 Å². The summed E-state index contributed by atoms with van der Waals surface area (Å²) >= 11 is 0. The Hall–Kier alpha value is -2.09. The highest BCUT2D eigenvalue weighted by molar-refractivity contribution is 5.94. The summed E-state index contributed by atoms with van der Waals surface area (Å²) in [6.45, 7) is 5.45. The molecule has 1 fully saturated rings. The minimum Gasteiger partial charge on any atom is -0.492 e. The van der Waals surface area contributed by atoms with Gasteiger partial charge < -0.3 is 23.7 Å². The van der Waals surface area contributed by atoms with Crippen molar-refractivity contribution in [3.63, 3.8) is 0 Å². The van der Waals surface area contributed by atoms with Crippen LogP contribution >= 0.6 is 0 Å². The van der Waals surface area contributed by atoms with Gasteiger partial charge in [0, 0.05) is 18.1 Å². The first-order chi connectivity index (χ1) is 11.3. The SMILES string of the molecule is COc1c2c(c(C)c3c(C)coc13)[C@]1(C)O[C@@]2(OC)OC(=O)[C@@H]1O. The van der Waals surface area contributed by atoms with Gasteiger partial charge in [0.25, 0.3) is 0 Å². The van der Waals surface area contributed by atoms with Gasteiger partial charge >= 0.3 is 11.9 Å². The first-order valence-electron chi connectivity index (χ1n) is 7.56. The summed E-state index contributed by atoms with van der Waals surface area (Å²) in [6, 6.07) is 0. The summed E-state index contributed by atoms with van der Waals surface area (Å²) in [7, 11) is 2.86. The molecular formula is C17H18O7. The van der Waals surface area contributed by atoms with Crippen LogP contribution in [-0.4, -0.2) is 31.4 Å². The number of hydrogen-bond acceptors (Lipinski definition) is 7. The molecule has 0 spiro atoms. The van der Waals surface area contributed by atoms with Gasteiger partial charge in [-0.1, -0.05) is 0 Å². The zero-order valence-electron chi connectivity index (χ0n) is 14.1. The maximum atomic E-state index is 12.2. The molecule has 2 aliphatic rings. The molecule has 24 heavy (non-hydrogen) atoms. The minimum absolute atomic E-state index is 0.367. The number of aliphatic hydroxyl groups is 1. The highest BCUT2D eigenvalue weighted by atomic mass is 16.9. The maximum absolute atomic E-state index is 12.2. The molecule has 0 unspecified atom stereocenters. The van der Waals surface area contributed by atoms with Crippen molar-refractivity contribution in [1.82, 2.24) is 0 Å². The molecule has 2 aliphatic heterocycles. The van der Waals surface area contributed by atoms with Crippen molar-refractivity contribution < 1.29 is 33.3 Å². The third-order valence-electron chi connectivity index (χ3n) is 5.01. The summed E-state index contributed by atoms with van der Waals surface area (Å²) in [5, 5.41) is 11.3. The lowest BCUT2D eigenvalue weighted by Gasteiger charge is -2.39. The summed E-state index contributed by atoms with van der Waals surface area (Å²) in [5.41, 5.74) is 1.99. The van der Waals surface area contributed by atoms with Crippen LogP contribution in [0, 0.1) is 13.8 Å². The van der Waals surface area contributed by atoms with E-state index in [1.807, 2.05) is 13.8 Å². The number of hydrogen-bond donors (Lipinski definition) is 1. The van der Waals surface area contributed by atoms with Crippen molar-refractivity contribution in [1.29, 1.82) is 0 Å². The number of ether oxygens (including phenoxy) is 4. The van der Waals surface area contributed by atoms with Gasteiger partial charge in [0.2, 0.25) is 0 Å². The predicted octanol–water partition coefficient (Wildman–Crippen LogP) is 1.98. The Kier molecular flexibility index (Phi) is 2.90. The van der Waals surface area contributed by atoms with Crippen LogP contribution in [0.15, 0.2) is 10.7 Å². The Bertz CT molecular complexity index is 883. The molecule has 0 amide bonds. The second-order valence-corrected chi connectivity index (χ2v) is 6.32. The Morgan fingerprint density at radius 3 is 2.58 bits per heavy atom. The van der Waals surface area contributed by atoms with Crippen LogP contribution in [0.25, 0.3) is 11.0 Å². The van der Waals surface area contributed by atoms with Crippen molar-refractivity contribution in [2.75, 3.05) is 14.2 Å². The van der Waals surface area contributed by atoms with Gasteiger partial charge in [-0.05, 0) is 31.9 Å². The lowest BCUT2D eigenvalue weighted by atomic mass is 9.84. The molecule has 7 nitrogen and oxygen atoms in total. The lowest BCUT2D eigenvalue weighted by Crippen LogP contribution is -2.53. The van der Waals surface area contributed by atoms with E-state index in [0.29, 0.717) is 22.5 Å². The van der Waals surface area contributed by atoms with Crippen LogP contribution in [-0.2, 0) is 30.6 Å². The zero-order valence-corrected chi connectivity index (χ0v) is 14.1. The topological polar surface area (TPSA) is 87.4 Å². The van der Waals surface area contributed by atoms with Gasteiger partial charge in [0.05, 0.1) is 13.4 Å². The van der Waals surface area contributed by atoms with Crippen LogP contribution in [0.2, 0.25) is 0 Å². The standard InChI is InChI=1S/C17H18O7/c1-7-6-22-12-9(7)8(2)10-11(13(12)20-4)17(21-5)23-15(19)14(18)16(10,3)24-17/h6,14,18H,1-5H3/t14-,16-,17-/m0/s1. The molecule has 1 aromatic heterocycles.